The first-order chi connectivity index (χ1) is 8.81. The number of nitrogens with one attached hydrogen (secondary N) is 1. The third-order valence-corrected chi connectivity index (χ3v) is 5.15. The minimum absolute atomic E-state index is 0.197. The van der Waals surface area contributed by atoms with E-state index in [9.17, 15) is 0 Å². The van der Waals surface area contributed by atoms with E-state index in [0.29, 0.717) is 0 Å². The Balaban J connectivity index is 1.91. The van der Waals surface area contributed by atoms with Crippen molar-refractivity contribution in [1.29, 1.82) is 0 Å². The SMILES string of the molecule is CN1C2CCCC1(c1n[nH]c3ccccc13)CC2. The van der Waals surface area contributed by atoms with Gasteiger partial charge < -0.3 is 0 Å². The van der Waals surface area contributed by atoms with Gasteiger partial charge in [0.2, 0.25) is 0 Å². The van der Waals surface area contributed by atoms with Crippen molar-refractivity contribution in [2.75, 3.05) is 7.05 Å². The maximum atomic E-state index is 4.67. The largest absolute Gasteiger partial charge is 0.292 e. The average Bonchev–Trinajstić information content (AvgIpc) is 2.87. The van der Waals surface area contributed by atoms with Crippen molar-refractivity contribution >= 4 is 10.9 Å². The van der Waals surface area contributed by atoms with Crippen LogP contribution in [0.5, 0.6) is 0 Å². The number of aromatic nitrogens is 2. The van der Waals surface area contributed by atoms with Gasteiger partial charge in [0.25, 0.3) is 0 Å². The summed E-state index contributed by atoms with van der Waals surface area (Å²) in [5, 5.41) is 9.19. The molecule has 1 aromatic heterocycles. The van der Waals surface area contributed by atoms with E-state index in [1.165, 1.54) is 48.7 Å². The van der Waals surface area contributed by atoms with Crippen LogP contribution in [0.2, 0.25) is 0 Å². The Kier molecular flexibility index (Phi) is 2.10. The summed E-state index contributed by atoms with van der Waals surface area (Å²) in [6.07, 6.45) is 6.56. The van der Waals surface area contributed by atoms with Gasteiger partial charge in [-0.05, 0) is 45.2 Å². The summed E-state index contributed by atoms with van der Waals surface area (Å²) in [4.78, 5) is 2.60. The van der Waals surface area contributed by atoms with Gasteiger partial charge in [-0.1, -0.05) is 18.2 Å². The molecule has 2 bridgehead atoms. The molecule has 0 amide bonds. The van der Waals surface area contributed by atoms with E-state index in [1.54, 1.807) is 0 Å². The lowest BCUT2D eigenvalue weighted by Crippen LogP contribution is -2.45. The number of benzene rings is 1. The molecule has 18 heavy (non-hydrogen) atoms. The van der Waals surface area contributed by atoms with Crippen LogP contribution in [0.25, 0.3) is 10.9 Å². The maximum Gasteiger partial charge on any atom is 0.0903 e. The van der Waals surface area contributed by atoms with Crippen LogP contribution in [0.15, 0.2) is 24.3 Å². The highest BCUT2D eigenvalue weighted by atomic mass is 15.3. The van der Waals surface area contributed by atoms with Crippen molar-refractivity contribution in [1.82, 2.24) is 15.1 Å². The summed E-state index contributed by atoms with van der Waals surface area (Å²) < 4.78 is 0. The summed E-state index contributed by atoms with van der Waals surface area (Å²) >= 11 is 0. The van der Waals surface area contributed by atoms with Crippen LogP contribution in [-0.4, -0.2) is 28.2 Å². The Morgan fingerprint density at radius 2 is 2.17 bits per heavy atom. The van der Waals surface area contributed by atoms with E-state index in [-0.39, 0.29) is 5.54 Å². The number of nitrogens with zero attached hydrogens (tertiary/aromatic N) is 2. The van der Waals surface area contributed by atoms with Crippen molar-refractivity contribution in [2.24, 2.45) is 0 Å². The molecule has 4 rings (SSSR count). The highest BCUT2D eigenvalue weighted by Gasteiger charge is 2.49. The van der Waals surface area contributed by atoms with Crippen LogP contribution in [0.3, 0.4) is 0 Å². The molecule has 2 fully saturated rings. The molecule has 3 heterocycles. The number of para-hydroxylation sites is 1. The summed E-state index contributed by atoms with van der Waals surface area (Å²) in [6, 6.07) is 9.29. The third kappa shape index (κ3) is 1.20. The zero-order valence-electron chi connectivity index (χ0n) is 10.8. The highest BCUT2D eigenvalue weighted by Crippen LogP contribution is 2.50. The quantitative estimate of drug-likeness (QED) is 0.832. The first kappa shape index (κ1) is 10.6. The molecule has 0 spiro atoms. The lowest BCUT2D eigenvalue weighted by molar-refractivity contribution is 0.0779. The van der Waals surface area contributed by atoms with E-state index in [2.05, 4.69) is 46.4 Å². The highest BCUT2D eigenvalue weighted by molar-refractivity contribution is 5.82. The van der Waals surface area contributed by atoms with Crippen LogP contribution in [0.1, 0.15) is 37.8 Å². The predicted octanol–water partition coefficient (Wildman–Crippen LogP) is 3.04. The van der Waals surface area contributed by atoms with Gasteiger partial charge in [-0.2, -0.15) is 5.10 Å². The Morgan fingerprint density at radius 3 is 3.11 bits per heavy atom. The normalized spacial score (nSPS) is 32.2. The van der Waals surface area contributed by atoms with Gasteiger partial charge >= 0.3 is 0 Å². The average molecular weight is 241 g/mol. The molecule has 2 aromatic rings. The lowest BCUT2D eigenvalue weighted by Gasteiger charge is -2.41. The standard InChI is InChI=1S/C15H19N3/c1-18-11-5-4-9-15(18,10-8-11)14-12-6-2-3-7-13(12)16-17-14/h2-3,6-7,11H,4-5,8-10H2,1H3,(H,16,17). The van der Waals surface area contributed by atoms with E-state index >= 15 is 0 Å². The van der Waals surface area contributed by atoms with Crippen molar-refractivity contribution in [3.8, 4) is 0 Å². The maximum absolute atomic E-state index is 4.67. The van der Waals surface area contributed by atoms with Gasteiger partial charge in [0.1, 0.15) is 0 Å². The molecule has 2 saturated heterocycles. The van der Waals surface area contributed by atoms with Crippen molar-refractivity contribution < 1.29 is 0 Å². The molecule has 3 nitrogen and oxygen atoms in total. The fourth-order valence-electron chi connectivity index (χ4n) is 4.12. The summed E-state index contributed by atoms with van der Waals surface area (Å²) in [6.45, 7) is 0. The van der Waals surface area contributed by atoms with Crippen molar-refractivity contribution in [3.05, 3.63) is 30.0 Å². The van der Waals surface area contributed by atoms with Crippen LogP contribution >= 0.6 is 0 Å². The van der Waals surface area contributed by atoms with E-state index in [1.807, 2.05) is 0 Å². The molecule has 0 saturated carbocycles. The van der Waals surface area contributed by atoms with Crippen molar-refractivity contribution in [3.63, 3.8) is 0 Å². The molecule has 1 N–H and O–H groups in total. The summed E-state index contributed by atoms with van der Waals surface area (Å²) in [5.41, 5.74) is 2.65. The molecule has 2 atom stereocenters. The van der Waals surface area contributed by atoms with Crippen LogP contribution in [0, 0.1) is 0 Å². The van der Waals surface area contributed by atoms with Crippen LogP contribution < -0.4 is 0 Å². The third-order valence-electron chi connectivity index (χ3n) is 5.15. The predicted molar refractivity (Wildman–Crippen MR) is 72.4 cm³/mol. The van der Waals surface area contributed by atoms with Gasteiger partial charge in [-0.25, -0.2) is 0 Å². The number of fused-ring (bicyclic) bond motifs is 3. The monoisotopic (exact) mass is 241 g/mol. The molecule has 1 aromatic carbocycles. The Bertz CT molecular complexity index is 584. The molecule has 2 aliphatic rings. The van der Waals surface area contributed by atoms with Gasteiger partial charge in [-0.15, -0.1) is 0 Å². The Morgan fingerprint density at radius 1 is 1.28 bits per heavy atom. The minimum Gasteiger partial charge on any atom is -0.292 e. The summed E-state index contributed by atoms with van der Waals surface area (Å²) in [7, 11) is 2.29. The first-order valence-electron chi connectivity index (χ1n) is 6.98. The summed E-state index contributed by atoms with van der Waals surface area (Å²) in [5.74, 6) is 0. The molecule has 2 unspecified atom stereocenters. The lowest BCUT2D eigenvalue weighted by atomic mass is 9.84. The van der Waals surface area contributed by atoms with Gasteiger partial charge in [0.05, 0.1) is 16.7 Å². The molecular formula is C15H19N3. The number of hydrogen-bond acceptors (Lipinski definition) is 2. The van der Waals surface area contributed by atoms with Crippen LogP contribution in [0.4, 0.5) is 0 Å². The minimum atomic E-state index is 0.197. The number of aromatic amines is 1. The molecule has 0 aliphatic carbocycles. The fraction of sp³-hybridized carbons (Fsp3) is 0.533. The smallest absolute Gasteiger partial charge is 0.0903 e. The Labute approximate surface area is 107 Å². The van der Waals surface area contributed by atoms with Gasteiger partial charge in [0.15, 0.2) is 0 Å². The molecule has 3 heteroatoms. The molecule has 0 radical (unpaired) electrons. The van der Waals surface area contributed by atoms with Crippen molar-refractivity contribution in [2.45, 2.75) is 43.7 Å². The zero-order valence-corrected chi connectivity index (χ0v) is 10.8. The van der Waals surface area contributed by atoms with Gasteiger partial charge in [-0.3, -0.25) is 10.00 Å². The number of H-pyrrole nitrogens is 1. The molecular weight excluding hydrogens is 222 g/mol. The molecule has 94 valence electrons. The number of piperidine rings is 1. The second kappa shape index (κ2) is 3.58. The number of hydrogen-bond donors (Lipinski definition) is 1. The fourth-order valence-corrected chi connectivity index (χ4v) is 4.12. The van der Waals surface area contributed by atoms with Crippen LogP contribution in [-0.2, 0) is 5.54 Å². The number of rotatable bonds is 1. The Hall–Kier alpha value is -1.35. The second-order valence-electron chi connectivity index (χ2n) is 5.85. The zero-order chi connectivity index (χ0) is 12.2. The van der Waals surface area contributed by atoms with E-state index in [4.69, 9.17) is 0 Å². The van der Waals surface area contributed by atoms with Gasteiger partial charge in [0, 0.05) is 11.4 Å². The van der Waals surface area contributed by atoms with E-state index in [0.717, 1.165) is 6.04 Å². The first-order valence-corrected chi connectivity index (χ1v) is 6.98. The second-order valence-corrected chi connectivity index (χ2v) is 5.85. The van der Waals surface area contributed by atoms with E-state index < -0.39 is 0 Å². The topological polar surface area (TPSA) is 31.9 Å². The molecule has 2 aliphatic heterocycles.